The number of nitrogens with one attached hydrogen (secondary N) is 1. The number of hydrogen-bond acceptors (Lipinski definition) is 3. The van der Waals surface area contributed by atoms with Crippen LogP contribution in [0.2, 0.25) is 0 Å². The van der Waals surface area contributed by atoms with Gasteiger partial charge >= 0.3 is 0 Å². The van der Waals surface area contributed by atoms with Crippen LogP contribution < -0.4 is 11.1 Å². The molecular formula is C23H30ClN3O2. The molecule has 3 N–H and O–H groups in total. The van der Waals surface area contributed by atoms with E-state index in [0.29, 0.717) is 12.1 Å². The number of rotatable bonds is 6. The Labute approximate surface area is 179 Å². The normalized spacial score (nSPS) is 17.2. The maximum atomic E-state index is 13.0. The molecule has 0 aromatic heterocycles. The van der Waals surface area contributed by atoms with Crippen LogP contribution in [0.3, 0.4) is 0 Å². The van der Waals surface area contributed by atoms with Crippen molar-refractivity contribution in [2.75, 3.05) is 13.1 Å². The summed E-state index contributed by atoms with van der Waals surface area (Å²) in [5.41, 5.74) is 8.50. The summed E-state index contributed by atoms with van der Waals surface area (Å²) in [6.07, 6.45) is 3.30. The lowest BCUT2D eigenvalue weighted by atomic mass is 9.98. The molecule has 5 nitrogen and oxygen atoms in total. The molecule has 3 rings (SSSR count). The standard InChI is InChI=1S/C23H29N3O2.ClH/c1-17-10-12-19(13-11-17)23(28)25-21(18-7-3-2-4-8-18)15-22(27)26-14-6-5-9-20(26)16-24;/h2-4,7-8,10-13,20-21H,5-6,9,14-16,24H2,1H3,(H,25,28);1H. The van der Waals surface area contributed by atoms with Gasteiger partial charge in [0.15, 0.2) is 0 Å². The smallest absolute Gasteiger partial charge is 0.251 e. The fraction of sp³-hybridized carbons (Fsp3) is 0.391. The van der Waals surface area contributed by atoms with Gasteiger partial charge in [-0.25, -0.2) is 0 Å². The Morgan fingerprint density at radius 2 is 1.79 bits per heavy atom. The van der Waals surface area contributed by atoms with E-state index >= 15 is 0 Å². The zero-order chi connectivity index (χ0) is 19.9. The minimum Gasteiger partial charge on any atom is -0.345 e. The Morgan fingerprint density at radius 3 is 2.45 bits per heavy atom. The van der Waals surface area contributed by atoms with Gasteiger partial charge in [0.25, 0.3) is 5.91 Å². The van der Waals surface area contributed by atoms with E-state index in [9.17, 15) is 9.59 Å². The second-order valence-electron chi connectivity index (χ2n) is 7.48. The van der Waals surface area contributed by atoms with Gasteiger partial charge < -0.3 is 16.0 Å². The van der Waals surface area contributed by atoms with Crippen molar-refractivity contribution in [3.05, 3.63) is 71.3 Å². The largest absolute Gasteiger partial charge is 0.345 e. The molecule has 6 heteroatoms. The number of benzene rings is 2. The van der Waals surface area contributed by atoms with Crippen LogP contribution in [0.4, 0.5) is 0 Å². The van der Waals surface area contributed by atoms with Crippen molar-refractivity contribution in [1.29, 1.82) is 0 Å². The molecule has 2 atom stereocenters. The summed E-state index contributed by atoms with van der Waals surface area (Å²) in [6.45, 7) is 3.21. The van der Waals surface area contributed by atoms with Crippen LogP contribution in [-0.4, -0.2) is 35.8 Å². The van der Waals surface area contributed by atoms with E-state index < -0.39 is 0 Å². The van der Waals surface area contributed by atoms with Crippen molar-refractivity contribution in [1.82, 2.24) is 10.2 Å². The second kappa shape index (κ2) is 11.0. The first-order valence-corrected chi connectivity index (χ1v) is 10.0. The Hall–Kier alpha value is -2.37. The summed E-state index contributed by atoms with van der Waals surface area (Å²) in [5, 5.41) is 3.05. The number of carbonyl (C=O) groups is 2. The minimum atomic E-state index is -0.372. The van der Waals surface area contributed by atoms with Gasteiger partial charge in [0.2, 0.25) is 5.91 Å². The van der Waals surface area contributed by atoms with Gasteiger partial charge in [-0.05, 0) is 43.9 Å². The lowest BCUT2D eigenvalue weighted by molar-refractivity contribution is -0.135. The van der Waals surface area contributed by atoms with Gasteiger partial charge in [0.1, 0.15) is 0 Å². The summed E-state index contributed by atoms with van der Waals surface area (Å²) < 4.78 is 0. The van der Waals surface area contributed by atoms with E-state index in [1.165, 1.54) is 0 Å². The van der Waals surface area contributed by atoms with Gasteiger partial charge in [0, 0.05) is 24.7 Å². The molecule has 29 heavy (non-hydrogen) atoms. The third-order valence-corrected chi connectivity index (χ3v) is 5.42. The third-order valence-electron chi connectivity index (χ3n) is 5.42. The molecule has 2 aromatic rings. The van der Waals surface area contributed by atoms with Crippen LogP contribution in [0.5, 0.6) is 0 Å². The summed E-state index contributed by atoms with van der Waals surface area (Å²) in [6, 6.07) is 16.9. The van der Waals surface area contributed by atoms with Crippen molar-refractivity contribution < 1.29 is 9.59 Å². The molecule has 0 saturated carbocycles. The van der Waals surface area contributed by atoms with Crippen LogP contribution in [-0.2, 0) is 4.79 Å². The highest BCUT2D eigenvalue weighted by Gasteiger charge is 2.28. The van der Waals surface area contributed by atoms with E-state index in [0.717, 1.165) is 36.9 Å². The summed E-state index contributed by atoms with van der Waals surface area (Å²) >= 11 is 0. The molecule has 2 amide bonds. The van der Waals surface area contributed by atoms with Crippen LogP contribution >= 0.6 is 12.4 Å². The molecule has 0 bridgehead atoms. The molecule has 2 aromatic carbocycles. The Kier molecular flexibility index (Phi) is 8.68. The monoisotopic (exact) mass is 415 g/mol. The summed E-state index contributed by atoms with van der Waals surface area (Å²) in [7, 11) is 0. The zero-order valence-electron chi connectivity index (χ0n) is 16.8. The number of nitrogens with two attached hydrogens (primary N) is 1. The highest BCUT2D eigenvalue weighted by molar-refractivity contribution is 5.94. The van der Waals surface area contributed by atoms with Gasteiger partial charge in [0.05, 0.1) is 12.5 Å². The predicted molar refractivity (Wildman–Crippen MR) is 118 cm³/mol. The number of halogens is 1. The lowest BCUT2D eigenvalue weighted by Gasteiger charge is -2.36. The van der Waals surface area contributed by atoms with Crippen molar-refractivity contribution in [3.8, 4) is 0 Å². The first-order valence-electron chi connectivity index (χ1n) is 10.0. The van der Waals surface area contributed by atoms with E-state index in [-0.39, 0.29) is 42.7 Å². The van der Waals surface area contributed by atoms with E-state index in [1.807, 2.05) is 66.4 Å². The van der Waals surface area contributed by atoms with Gasteiger partial charge in [-0.3, -0.25) is 9.59 Å². The fourth-order valence-electron chi connectivity index (χ4n) is 3.75. The molecule has 1 aliphatic heterocycles. The average molecular weight is 416 g/mol. The number of carbonyl (C=O) groups excluding carboxylic acids is 2. The zero-order valence-corrected chi connectivity index (χ0v) is 17.7. The molecule has 0 radical (unpaired) electrons. The first kappa shape index (κ1) is 22.9. The summed E-state index contributed by atoms with van der Waals surface area (Å²) in [4.78, 5) is 27.7. The maximum Gasteiger partial charge on any atom is 0.251 e. The van der Waals surface area contributed by atoms with Gasteiger partial charge in [-0.15, -0.1) is 12.4 Å². The van der Waals surface area contributed by atoms with E-state index in [2.05, 4.69) is 5.32 Å². The topological polar surface area (TPSA) is 75.4 Å². The second-order valence-corrected chi connectivity index (χ2v) is 7.48. The average Bonchev–Trinajstić information content (AvgIpc) is 2.74. The SMILES string of the molecule is Cc1ccc(C(=O)NC(CC(=O)N2CCCCC2CN)c2ccccc2)cc1.Cl. The highest BCUT2D eigenvalue weighted by Crippen LogP contribution is 2.23. The van der Waals surface area contributed by atoms with Crippen molar-refractivity contribution in [2.45, 2.75) is 44.7 Å². The van der Waals surface area contributed by atoms with E-state index in [4.69, 9.17) is 5.73 Å². The first-order chi connectivity index (χ1) is 13.6. The molecule has 0 spiro atoms. The number of amides is 2. The van der Waals surface area contributed by atoms with Crippen molar-refractivity contribution in [2.24, 2.45) is 5.73 Å². The van der Waals surface area contributed by atoms with E-state index in [1.54, 1.807) is 0 Å². The molecule has 1 aliphatic rings. The Balaban J connectivity index is 0.00000300. The van der Waals surface area contributed by atoms with Gasteiger partial charge in [-0.1, -0.05) is 48.0 Å². The number of nitrogens with zero attached hydrogens (tertiary/aromatic N) is 1. The van der Waals surface area contributed by atoms with Crippen LogP contribution in [0, 0.1) is 6.92 Å². The molecule has 1 fully saturated rings. The molecule has 1 heterocycles. The number of likely N-dealkylation sites (tertiary alicyclic amines) is 1. The predicted octanol–water partition coefficient (Wildman–Crippen LogP) is 3.62. The molecule has 0 aliphatic carbocycles. The van der Waals surface area contributed by atoms with Gasteiger partial charge in [-0.2, -0.15) is 0 Å². The number of aryl methyl sites for hydroxylation is 1. The maximum absolute atomic E-state index is 13.0. The number of hydrogen-bond donors (Lipinski definition) is 2. The summed E-state index contributed by atoms with van der Waals surface area (Å²) in [5.74, 6) is -0.121. The van der Waals surface area contributed by atoms with Crippen LogP contribution in [0.1, 0.15) is 53.2 Å². The molecule has 2 unspecified atom stereocenters. The molecular weight excluding hydrogens is 386 g/mol. The molecule has 156 valence electrons. The minimum absolute atomic E-state index is 0. The molecule has 1 saturated heterocycles. The third kappa shape index (κ3) is 6.05. The highest BCUT2D eigenvalue weighted by atomic mass is 35.5. The quantitative estimate of drug-likeness (QED) is 0.756. The van der Waals surface area contributed by atoms with Crippen LogP contribution in [0.15, 0.2) is 54.6 Å². The number of piperidine rings is 1. The van der Waals surface area contributed by atoms with Crippen molar-refractivity contribution in [3.63, 3.8) is 0 Å². The lowest BCUT2D eigenvalue weighted by Crippen LogP contribution is -2.48. The fourth-order valence-corrected chi connectivity index (χ4v) is 3.75. The van der Waals surface area contributed by atoms with Crippen molar-refractivity contribution >= 4 is 24.2 Å². The van der Waals surface area contributed by atoms with Crippen LogP contribution in [0.25, 0.3) is 0 Å². The Morgan fingerprint density at radius 1 is 1.10 bits per heavy atom. The Bertz CT molecular complexity index is 796.